The molecule has 1 aliphatic rings. The first-order chi connectivity index (χ1) is 24.8. The molecule has 0 N–H and O–H groups in total. The minimum atomic E-state index is 1.22. The first-order valence-electron chi connectivity index (χ1n) is 17.4. The maximum atomic E-state index is 2.37. The Balaban J connectivity index is 0.991. The summed E-state index contributed by atoms with van der Waals surface area (Å²) in [6.45, 7) is 0. The minimum absolute atomic E-state index is 1.22. The Labute approximate surface area is 290 Å². The van der Waals surface area contributed by atoms with Gasteiger partial charge in [0.1, 0.15) is 0 Å². The van der Waals surface area contributed by atoms with Crippen LogP contribution in [0.15, 0.2) is 182 Å². The van der Waals surface area contributed by atoms with E-state index in [4.69, 9.17) is 0 Å². The van der Waals surface area contributed by atoms with Gasteiger partial charge in [-0.1, -0.05) is 164 Å². The molecule has 0 aromatic heterocycles. The van der Waals surface area contributed by atoms with E-state index in [1.807, 2.05) is 0 Å². The molecule has 0 nitrogen and oxygen atoms in total. The van der Waals surface area contributed by atoms with Crippen LogP contribution in [0.3, 0.4) is 0 Å². The van der Waals surface area contributed by atoms with Gasteiger partial charge in [0.25, 0.3) is 0 Å². The van der Waals surface area contributed by atoms with Crippen molar-refractivity contribution in [3.05, 3.63) is 182 Å². The molecule has 0 heteroatoms. The second kappa shape index (κ2) is 10.5. The lowest BCUT2D eigenvalue weighted by Gasteiger charge is -2.14. The molecule has 11 rings (SSSR count). The average Bonchev–Trinajstić information content (AvgIpc) is 3.52. The second-order valence-electron chi connectivity index (χ2n) is 13.6. The zero-order valence-electron chi connectivity index (χ0n) is 27.3. The van der Waals surface area contributed by atoms with E-state index in [9.17, 15) is 0 Å². The summed E-state index contributed by atoms with van der Waals surface area (Å²) < 4.78 is 0. The quantitative estimate of drug-likeness (QED) is 0.170. The van der Waals surface area contributed by atoms with Crippen LogP contribution < -0.4 is 0 Å². The van der Waals surface area contributed by atoms with Crippen LogP contribution in [0.5, 0.6) is 0 Å². The van der Waals surface area contributed by atoms with Gasteiger partial charge in [0, 0.05) is 0 Å². The number of benzene rings is 10. The van der Waals surface area contributed by atoms with E-state index in [1.54, 1.807) is 0 Å². The number of fused-ring (bicyclic) bond motifs is 9. The molecule has 10 aromatic rings. The van der Waals surface area contributed by atoms with Crippen LogP contribution in [0, 0.1) is 0 Å². The monoisotopic (exact) mass is 630 g/mol. The number of hydrogen-bond donors (Lipinski definition) is 0. The fraction of sp³-hybridized carbons (Fsp3) is 0. The molecule has 0 atom stereocenters. The van der Waals surface area contributed by atoms with E-state index < -0.39 is 0 Å². The predicted octanol–water partition coefficient (Wildman–Crippen LogP) is 14.1. The Morgan fingerprint density at radius 1 is 0.200 bits per heavy atom. The molecule has 230 valence electrons. The maximum Gasteiger partial charge on any atom is -0.00201 e. The minimum Gasteiger partial charge on any atom is -0.0616 e. The fourth-order valence-corrected chi connectivity index (χ4v) is 8.61. The van der Waals surface area contributed by atoms with Crippen molar-refractivity contribution in [2.45, 2.75) is 0 Å². The summed E-state index contributed by atoms with van der Waals surface area (Å²) in [5.74, 6) is 0. The zero-order valence-corrected chi connectivity index (χ0v) is 27.3. The molecule has 0 bridgehead atoms. The van der Waals surface area contributed by atoms with Crippen LogP contribution in [0.4, 0.5) is 0 Å². The zero-order chi connectivity index (χ0) is 32.8. The third-order valence-electron chi connectivity index (χ3n) is 11.0. The van der Waals surface area contributed by atoms with Crippen molar-refractivity contribution in [2.24, 2.45) is 0 Å². The highest BCUT2D eigenvalue weighted by molar-refractivity contribution is 6.23. The first-order valence-corrected chi connectivity index (χ1v) is 17.4. The van der Waals surface area contributed by atoms with Crippen molar-refractivity contribution < 1.29 is 0 Å². The lowest BCUT2D eigenvalue weighted by Crippen LogP contribution is -1.87. The van der Waals surface area contributed by atoms with E-state index in [0.717, 1.165) is 0 Å². The molecule has 0 saturated carbocycles. The van der Waals surface area contributed by atoms with Crippen molar-refractivity contribution in [1.82, 2.24) is 0 Å². The highest BCUT2D eigenvalue weighted by atomic mass is 14.2. The Kier molecular flexibility index (Phi) is 5.76. The van der Waals surface area contributed by atoms with Crippen LogP contribution in [-0.4, -0.2) is 0 Å². The van der Waals surface area contributed by atoms with Crippen molar-refractivity contribution in [1.29, 1.82) is 0 Å². The van der Waals surface area contributed by atoms with Crippen molar-refractivity contribution in [3.63, 3.8) is 0 Å². The van der Waals surface area contributed by atoms with Crippen LogP contribution in [0.25, 0.3) is 109 Å². The van der Waals surface area contributed by atoms with Crippen LogP contribution in [0.1, 0.15) is 0 Å². The molecule has 10 aromatic carbocycles. The second-order valence-corrected chi connectivity index (χ2v) is 13.6. The third-order valence-corrected chi connectivity index (χ3v) is 11.0. The van der Waals surface area contributed by atoms with Gasteiger partial charge < -0.3 is 0 Å². The molecule has 0 aliphatic heterocycles. The molecule has 0 fully saturated rings. The van der Waals surface area contributed by atoms with E-state index in [0.29, 0.717) is 0 Å². The standard InChI is InChI=1S/C50H30/c1-2-9-40-33(8-1)22-25-37-30-48(43-12-5-6-13-45(43)49(37)40)34-20-16-31(17-21-34)35-23-18-32-19-24-36(29-38(32)28-35)39-26-27-47-42-11-4-3-10-41(42)46-15-7-14-44(39)50(46)47/h1-30H. The largest absolute Gasteiger partial charge is 0.0616 e. The van der Waals surface area contributed by atoms with Crippen LogP contribution in [-0.2, 0) is 0 Å². The van der Waals surface area contributed by atoms with E-state index in [2.05, 4.69) is 182 Å². The molecule has 0 saturated heterocycles. The summed E-state index contributed by atoms with van der Waals surface area (Å²) in [7, 11) is 0. The normalized spacial score (nSPS) is 12.0. The molecule has 0 spiro atoms. The van der Waals surface area contributed by atoms with Crippen molar-refractivity contribution in [2.75, 3.05) is 0 Å². The highest BCUT2D eigenvalue weighted by Crippen LogP contribution is 2.49. The predicted molar refractivity (Wildman–Crippen MR) is 215 cm³/mol. The van der Waals surface area contributed by atoms with Gasteiger partial charge in [0.2, 0.25) is 0 Å². The maximum absolute atomic E-state index is 2.37. The summed E-state index contributed by atoms with van der Waals surface area (Å²) >= 11 is 0. The van der Waals surface area contributed by atoms with Gasteiger partial charge in [-0.15, -0.1) is 0 Å². The average molecular weight is 631 g/mol. The molecule has 0 radical (unpaired) electrons. The summed E-state index contributed by atoms with van der Waals surface area (Å²) in [6.07, 6.45) is 0. The Morgan fingerprint density at radius 2 is 0.760 bits per heavy atom. The Morgan fingerprint density at radius 3 is 1.60 bits per heavy atom. The highest BCUT2D eigenvalue weighted by Gasteiger charge is 2.22. The first kappa shape index (κ1) is 27.5. The van der Waals surface area contributed by atoms with Crippen molar-refractivity contribution >= 4 is 53.9 Å². The van der Waals surface area contributed by atoms with Gasteiger partial charge in [-0.25, -0.2) is 0 Å². The molecular formula is C50H30. The van der Waals surface area contributed by atoms with Gasteiger partial charge in [0.15, 0.2) is 0 Å². The van der Waals surface area contributed by atoms with E-state index in [-0.39, 0.29) is 0 Å². The number of hydrogen-bond acceptors (Lipinski definition) is 0. The van der Waals surface area contributed by atoms with Gasteiger partial charge in [-0.3, -0.25) is 0 Å². The van der Waals surface area contributed by atoms with Crippen molar-refractivity contribution in [3.8, 4) is 55.6 Å². The summed E-state index contributed by atoms with van der Waals surface area (Å²) in [5, 5.41) is 13.0. The third kappa shape index (κ3) is 4.00. The summed E-state index contributed by atoms with van der Waals surface area (Å²) in [5.41, 5.74) is 12.8. The molecule has 50 heavy (non-hydrogen) atoms. The molecule has 0 unspecified atom stereocenters. The van der Waals surface area contributed by atoms with Gasteiger partial charge in [-0.05, 0) is 128 Å². The van der Waals surface area contributed by atoms with E-state index in [1.165, 1.54) is 109 Å². The molecule has 0 heterocycles. The number of rotatable bonds is 3. The SMILES string of the molecule is c1ccc2c(c1)-c1cccc3c(-c4ccc5ccc(-c6ccc(-c7cc8ccc9ccccc9c8c8ccccc78)cc6)cc5c4)ccc-2c13. The van der Waals surface area contributed by atoms with Gasteiger partial charge >= 0.3 is 0 Å². The molecular weight excluding hydrogens is 601 g/mol. The molecule has 0 amide bonds. The lowest BCUT2D eigenvalue weighted by atomic mass is 9.90. The van der Waals surface area contributed by atoms with E-state index >= 15 is 0 Å². The van der Waals surface area contributed by atoms with Crippen LogP contribution in [0.2, 0.25) is 0 Å². The smallest absolute Gasteiger partial charge is 0.00201 e. The Bertz CT molecular complexity index is 2990. The topological polar surface area (TPSA) is 0 Å². The van der Waals surface area contributed by atoms with Gasteiger partial charge in [0.05, 0.1) is 0 Å². The Hall–Kier alpha value is -6.50. The van der Waals surface area contributed by atoms with Crippen LogP contribution >= 0.6 is 0 Å². The fourth-order valence-electron chi connectivity index (χ4n) is 8.61. The summed E-state index contributed by atoms with van der Waals surface area (Å²) in [6, 6.07) is 67.5. The summed E-state index contributed by atoms with van der Waals surface area (Å²) in [4.78, 5) is 0. The molecule has 1 aliphatic carbocycles. The van der Waals surface area contributed by atoms with Gasteiger partial charge in [-0.2, -0.15) is 0 Å². The lowest BCUT2D eigenvalue weighted by molar-refractivity contribution is 1.62.